The Labute approximate surface area is 102 Å². The van der Waals surface area contributed by atoms with Crippen molar-refractivity contribution in [1.29, 1.82) is 0 Å². The predicted molar refractivity (Wildman–Crippen MR) is 61.2 cm³/mol. The van der Waals surface area contributed by atoms with Crippen LogP contribution in [0.15, 0.2) is 42.7 Å². The lowest BCUT2D eigenvalue weighted by Gasteiger charge is -2.11. The minimum Gasteiger partial charge on any atom is -0.324 e. The summed E-state index contributed by atoms with van der Waals surface area (Å²) in [5, 5.41) is 4.01. The average molecular weight is 255 g/mol. The van der Waals surface area contributed by atoms with Crippen LogP contribution in [0.3, 0.4) is 0 Å². The molecule has 1 heterocycles. The fourth-order valence-corrected chi connectivity index (χ4v) is 1.62. The van der Waals surface area contributed by atoms with E-state index in [4.69, 9.17) is 5.73 Å². The van der Waals surface area contributed by atoms with E-state index in [9.17, 15) is 13.2 Å². The Morgan fingerprint density at radius 1 is 1.22 bits per heavy atom. The average Bonchev–Trinajstić information content (AvgIpc) is 2.77. The molecule has 6 heteroatoms. The Morgan fingerprint density at radius 2 is 1.89 bits per heavy atom. The molecule has 0 saturated heterocycles. The zero-order valence-electron chi connectivity index (χ0n) is 9.43. The number of halogens is 3. The first-order valence-corrected chi connectivity index (χ1v) is 5.38. The molecule has 0 bridgehead atoms. The van der Waals surface area contributed by atoms with E-state index in [0.29, 0.717) is 5.56 Å². The maximum absolute atomic E-state index is 12.2. The van der Waals surface area contributed by atoms with Gasteiger partial charge in [-0.2, -0.15) is 18.3 Å². The van der Waals surface area contributed by atoms with E-state index in [1.807, 2.05) is 30.3 Å². The molecular weight excluding hydrogens is 243 g/mol. The third kappa shape index (κ3) is 3.10. The molecule has 1 aromatic carbocycles. The number of benzene rings is 1. The minimum absolute atomic E-state index is 0.371. The normalized spacial score (nSPS) is 13.6. The van der Waals surface area contributed by atoms with E-state index in [1.165, 1.54) is 17.1 Å². The summed E-state index contributed by atoms with van der Waals surface area (Å²) in [6.07, 6.45) is -2.43. The van der Waals surface area contributed by atoms with Crippen molar-refractivity contribution < 1.29 is 13.2 Å². The molecular formula is C12H12F3N3. The van der Waals surface area contributed by atoms with Crippen LogP contribution in [0.4, 0.5) is 13.2 Å². The lowest BCUT2D eigenvalue weighted by molar-refractivity contribution is -0.138. The van der Waals surface area contributed by atoms with E-state index in [2.05, 4.69) is 5.10 Å². The minimum atomic E-state index is -4.27. The summed E-state index contributed by atoms with van der Waals surface area (Å²) in [4.78, 5) is 0. The second-order valence-electron chi connectivity index (χ2n) is 3.98. The third-order valence-electron chi connectivity index (χ3n) is 2.50. The van der Waals surface area contributed by atoms with Gasteiger partial charge < -0.3 is 5.73 Å². The molecule has 18 heavy (non-hydrogen) atoms. The van der Waals surface area contributed by atoms with Crippen molar-refractivity contribution in [2.24, 2.45) is 5.73 Å². The van der Waals surface area contributed by atoms with Gasteiger partial charge in [-0.25, -0.2) is 4.68 Å². The molecule has 0 aliphatic carbocycles. The fourth-order valence-electron chi connectivity index (χ4n) is 1.62. The number of nitrogens with two attached hydrogens (primary N) is 1. The Kier molecular flexibility index (Phi) is 3.38. The van der Waals surface area contributed by atoms with Crippen LogP contribution >= 0.6 is 0 Å². The number of hydrogen-bond donors (Lipinski definition) is 1. The van der Waals surface area contributed by atoms with Crippen LogP contribution in [0.25, 0.3) is 5.69 Å². The zero-order valence-corrected chi connectivity index (χ0v) is 9.43. The SMILES string of the molecule is N[C@@H](CC(F)(F)F)c1cnn(-c2ccccc2)c1. The van der Waals surface area contributed by atoms with Gasteiger partial charge in [0.05, 0.1) is 18.3 Å². The van der Waals surface area contributed by atoms with Crippen LogP contribution in [0.5, 0.6) is 0 Å². The van der Waals surface area contributed by atoms with Gasteiger partial charge >= 0.3 is 6.18 Å². The highest BCUT2D eigenvalue weighted by atomic mass is 19.4. The number of alkyl halides is 3. The van der Waals surface area contributed by atoms with Crippen molar-refractivity contribution >= 4 is 0 Å². The lowest BCUT2D eigenvalue weighted by atomic mass is 10.1. The largest absolute Gasteiger partial charge is 0.390 e. The molecule has 3 nitrogen and oxygen atoms in total. The first kappa shape index (κ1) is 12.6. The smallest absolute Gasteiger partial charge is 0.324 e. The van der Waals surface area contributed by atoms with Gasteiger partial charge in [0.1, 0.15) is 0 Å². The fraction of sp³-hybridized carbons (Fsp3) is 0.250. The van der Waals surface area contributed by atoms with Crippen LogP contribution in [0, 0.1) is 0 Å². The first-order chi connectivity index (χ1) is 8.46. The summed E-state index contributed by atoms with van der Waals surface area (Å²) < 4.78 is 38.1. The van der Waals surface area contributed by atoms with Crippen LogP contribution in [0.2, 0.25) is 0 Å². The maximum atomic E-state index is 12.2. The number of para-hydroxylation sites is 1. The summed E-state index contributed by atoms with van der Waals surface area (Å²) >= 11 is 0. The van der Waals surface area contributed by atoms with Crippen molar-refractivity contribution in [3.05, 3.63) is 48.3 Å². The van der Waals surface area contributed by atoms with Gasteiger partial charge in [0.15, 0.2) is 0 Å². The van der Waals surface area contributed by atoms with Gasteiger partial charge in [-0.05, 0) is 12.1 Å². The summed E-state index contributed by atoms with van der Waals surface area (Å²) in [5.74, 6) is 0. The van der Waals surface area contributed by atoms with Crippen molar-refractivity contribution in [3.8, 4) is 5.69 Å². The molecule has 2 rings (SSSR count). The highest BCUT2D eigenvalue weighted by Gasteiger charge is 2.31. The van der Waals surface area contributed by atoms with E-state index in [1.54, 1.807) is 0 Å². The van der Waals surface area contributed by atoms with E-state index in [0.717, 1.165) is 5.69 Å². The molecule has 0 saturated carbocycles. The van der Waals surface area contributed by atoms with Crippen LogP contribution < -0.4 is 5.73 Å². The molecule has 0 fully saturated rings. The van der Waals surface area contributed by atoms with Gasteiger partial charge in [-0.15, -0.1) is 0 Å². The Hall–Kier alpha value is -1.82. The second kappa shape index (κ2) is 4.81. The van der Waals surface area contributed by atoms with Gasteiger partial charge in [0.25, 0.3) is 0 Å². The molecule has 2 N–H and O–H groups in total. The van der Waals surface area contributed by atoms with Gasteiger partial charge in [0.2, 0.25) is 0 Å². The number of hydrogen-bond acceptors (Lipinski definition) is 2. The molecule has 1 atom stereocenters. The predicted octanol–water partition coefficient (Wildman–Crippen LogP) is 2.82. The quantitative estimate of drug-likeness (QED) is 0.916. The first-order valence-electron chi connectivity index (χ1n) is 5.38. The monoisotopic (exact) mass is 255 g/mol. The van der Waals surface area contributed by atoms with Crippen LogP contribution in [-0.2, 0) is 0 Å². The molecule has 96 valence electrons. The Balaban J connectivity index is 2.16. The van der Waals surface area contributed by atoms with E-state index < -0.39 is 18.6 Å². The number of rotatable bonds is 3. The molecule has 2 aromatic rings. The van der Waals surface area contributed by atoms with Crippen molar-refractivity contribution in [3.63, 3.8) is 0 Å². The van der Waals surface area contributed by atoms with E-state index in [-0.39, 0.29) is 0 Å². The topological polar surface area (TPSA) is 43.8 Å². The van der Waals surface area contributed by atoms with E-state index >= 15 is 0 Å². The molecule has 0 unspecified atom stereocenters. The second-order valence-corrected chi connectivity index (χ2v) is 3.98. The van der Waals surface area contributed by atoms with Crippen LogP contribution in [-0.4, -0.2) is 16.0 Å². The summed E-state index contributed by atoms with van der Waals surface area (Å²) in [5.41, 5.74) is 6.65. The molecule has 0 spiro atoms. The number of aromatic nitrogens is 2. The van der Waals surface area contributed by atoms with Gasteiger partial charge in [-0.3, -0.25) is 0 Å². The summed E-state index contributed by atoms with van der Waals surface area (Å²) in [7, 11) is 0. The molecule has 0 aliphatic heterocycles. The van der Waals surface area contributed by atoms with Gasteiger partial charge in [0, 0.05) is 17.8 Å². The molecule has 0 radical (unpaired) electrons. The highest BCUT2D eigenvalue weighted by Crippen LogP contribution is 2.27. The third-order valence-corrected chi connectivity index (χ3v) is 2.50. The molecule has 1 aromatic heterocycles. The molecule has 0 aliphatic rings. The highest BCUT2D eigenvalue weighted by molar-refractivity contribution is 5.31. The molecule has 0 amide bonds. The van der Waals surface area contributed by atoms with Crippen molar-refractivity contribution in [2.75, 3.05) is 0 Å². The Morgan fingerprint density at radius 3 is 2.50 bits per heavy atom. The zero-order chi connectivity index (χ0) is 13.2. The summed E-state index contributed by atoms with van der Waals surface area (Å²) in [6.45, 7) is 0. The van der Waals surface area contributed by atoms with Crippen molar-refractivity contribution in [2.45, 2.75) is 18.6 Å². The van der Waals surface area contributed by atoms with Crippen molar-refractivity contribution in [1.82, 2.24) is 9.78 Å². The number of nitrogens with zero attached hydrogens (tertiary/aromatic N) is 2. The Bertz CT molecular complexity index is 505. The van der Waals surface area contributed by atoms with Gasteiger partial charge in [-0.1, -0.05) is 18.2 Å². The standard InChI is InChI=1S/C12H12F3N3/c13-12(14,15)6-11(16)9-7-17-18(8-9)10-4-2-1-3-5-10/h1-5,7-8,11H,6,16H2/t11-/m0/s1. The maximum Gasteiger partial charge on any atom is 0.390 e. The summed E-state index contributed by atoms with van der Waals surface area (Å²) in [6, 6.07) is 8.04. The van der Waals surface area contributed by atoms with Crippen LogP contribution in [0.1, 0.15) is 18.0 Å². The lowest BCUT2D eigenvalue weighted by Crippen LogP contribution is -2.19.